The molecule has 0 atom stereocenters. The van der Waals surface area contributed by atoms with E-state index in [-0.39, 0.29) is 0 Å². The summed E-state index contributed by atoms with van der Waals surface area (Å²) in [6, 6.07) is 23.7. The molecule has 1 aliphatic heterocycles. The predicted molar refractivity (Wildman–Crippen MR) is 151 cm³/mol. The van der Waals surface area contributed by atoms with Gasteiger partial charge in [0.25, 0.3) is 0 Å². The molecule has 3 aromatic carbocycles. The van der Waals surface area contributed by atoms with Gasteiger partial charge in [0, 0.05) is 49.2 Å². The van der Waals surface area contributed by atoms with Crippen LogP contribution in [-0.4, -0.2) is 21.1 Å². The van der Waals surface area contributed by atoms with Crippen molar-refractivity contribution >= 4 is 10.9 Å². The maximum Gasteiger partial charge on any atom is 0.115 e. The Morgan fingerprint density at radius 3 is 2.31 bits per heavy atom. The number of nitrogens with zero attached hydrogens (tertiary/aromatic N) is 2. The number of benzene rings is 3. The second kappa shape index (κ2) is 11.3. The standard InChI is InChI=1S/C33H40N2O/c1-3-4-5-6-7-8-20-35-32-18-15-28(27-13-9-25(2)10-14-27)22-30(32)31-24-34(21-19-33(31)35)23-26-11-16-29(36)17-12-26/h9-18,22,36H,3-8,19-21,23-24H2,1-2H3. The average Bonchev–Trinajstić information content (AvgIpc) is 3.20. The lowest BCUT2D eigenvalue weighted by molar-refractivity contribution is 0.243. The Balaban J connectivity index is 1.43. The van der Waals surface area contributed by atoms with Gasteiger partial charge in [-0.05, 0) is 59.9 Å². The summed E-state index contributed by atoms with van der Waals surface area (Å²) in [5.41, 5.74) is 9.60. The number of phenols is 1. The molecule has 36 heavy (non-hydrogen) atoms. The Morgan fingerprint density at radius 2 is 1.53 bits per heavy atom. The molecule has 0 saturated heterocycles. The van der Waals surface area contributed by atoms with Crippen LogP contribution in [0.25, 0.3) is 22.0 Å². The van der Waals surface area contributed by atoms with E-state index >= 15 is 0 Å². The number of hydrogen-bond donors (Lipinski definition) is 1. The lowest BCUT2D eigenvalue weighted by atomic mass is 9.99. The second-order valence-electron chi connectivity index (χ2n) is 10.6. The Kier molecular flexibility index (Phi) is 7.77. The molecule has 1 N–H and O–H groups in total. The third-order valence-corrected chi connectivity index (χ3v) is 7.80. The summed E-state index contributed by atoms with van der Waals surface area (Å²) < 4.78 is 2.64. The topological polar surface area (TPSA) is 28.4 Å². The monoisotopic (exact) mass is 480 g/mol. The van der Waals surface area contributed by atoms with Crippen LogP contribution in [0.15, 0.2) is 66.7 Å². The molecule has 0 fully saturated rings. The summed E-state index contributed by atoms with van der Waals surface area (Å²) in [4.78, 5) is 2.56. The largest absolute Gasteiger partial charge is 0.508 e. The molecule has 0 saturated carbocycles. The number of fused-ring (bicyclic) bond motifs is 3. The van der Waals surface area contributed by atoms with Crippen LogP contribution in [0.4, 0.5) is 0 Å². The number of aryl methyl sites for hydroxylation is 2. The van der Waals surface area contributed by atoms with E-state index in [1.54, 1.807) is 17.8 Å². The fourth-order valence-corrected chi connectivity index (χ4v) is 5.73. The first-order valence-corrected chi connectivity index (χ1v) is 13.8. The molecule has 3 nitrogen and oxygen atoms in total. The van der Waals surface area contributed by atoms with E-state index in [2.05, 4.69) is 65.8 Å². The summed E-state index contributed by atoms with van der Waals surface area (Å²) in [6.45, 7) is 8.53. The van der Waals surface area contributed by atoms with Crippen LogP contribution in [0.2, 0.25) is 0 Å². The zero-order valence-electron chi connectivity index (χ0n) is 22.0. The predicted octanol–water partition coefficient (Wildman–Crippen LogP) is 8.24. The number of aromatic hydroxyl groups is 1. The third-order valence-electron chi connectivity index (χ3n) is 7.80. The van der Waals surface area contributed by atoms with Crippen molar-refractivity contribution in [1.82, 2.24) is 9.47 Å². The SMILES string of the molecule is CCCCCCCCn1c2c(c3cc(-c4ccc(C)cc4)ccc31)CN(Cc1ccc(O)cc1)CC2. The number of aromatic nitrogens is 1. The maximum atomic E-state index is 9.66. The van der Waals surface area contributed by atoms with E-state index < -0.39 is 0 Å². The maximum absolute atomic E-state index is 9.66. The summed E-state index contributed by atoms with van der Waals surface area (Å²) in [5, 5.41) is 11.1. The van der Waals surface area contributed by atoms with Crippen molar-refractivity contribution in [3.05, 3.63) is 89.1 Å². The highest BCUT2D eigenvalue weighted by Crippen LogP contribution is 2.35. The molecular formula is C33H40N2O. The molecule has 3 heteroatoms. The smallest absolute Gasteiger partial charge is 0.115 e. The van der Waals surface area contributed by atoms with Crippen molar-refractivity contribution < 1.29 is 5.11 Å². The van der Waals surface area contributed by atoms with Crippen LogP contribution in [0.3, 0.4) is 0 Å². The summed E-state index contributed by atoms with van der Waals surface area (Å²) >= 11 is 0. The van der Waals surface area contributed by atoms with E-state index in [1.165, 1.54) is 77.2 Å². The number of unbranched alkanes of at least 4 members (excludes halogenated alkanes) is 5. The van der Waals surface area contributed by atoms with Crippen LogP contribution >= 0.6 is 0 Å². The minimum Gasteiger partial charge on any atom is -0.508 e. The lowest BCUT2D eigenvalue weighted by Crippen LogP contribution is -2.30. The van der Waals surface area contributed by atoms with Crippen LogP contribution in [-0.2, 0) is 26.1 Å². The van der Waals surface area contributed by atoms with Gasteiger partial charge >= 0.3 is 0 Å². The van der Waals surface area contributed by atoms with Gasteiger partial charge in [-0.3, -0.25) is 4.90 Å². The fourth-order valence-electron chi connectivity index (χ4n) is 5.73. The van der Waals surface area contributed by atoms with Crippen LogP contribution in [0.5, 0.6) is 5.75 Å². The quantitative estimate of drug-likeness (QED) is 0.232. The average molecular weight is 481 g/mol. The minimum absolute atomic E-state index is 0.334. The molecule has 0 spiro atoms. The van der Waals surface area contributed by atoms with Gasteiger partial charge in [0.2, 0.25) is 0 Å². The highest BCUT2D eigenvalue weighted by Gasteiger charge is 2.24. The number of phenolic OH excluding ortho intramolecular Hbond substituents is 1. The van der Waals surface area contributed by atoms with E-state index in [0.29, 0.717) is 5.75 Å². The molecule has 1 aliphatic rings. The van der Waals surface area contributed by atoms with Gasteiger partial charge in [0.1, 0.15) is 5.75 Å². The Labute approximate surface area is 216 Å². The normalized spacial score (nSPS) is 13.8. The van der Waals surface area contributed by atoms with Gasteiger partial charge < -0.3 is 9.67 Å². The summed E-state index contributed by atoms with van der Waals surface area (Å²) in [7, 11) is 0. The molecule has 0 radical (unpaired) electrons. The Hall–Kier alpha value is -3.04. The molecule has 5 rings (SSSR count). The minimum atomic E-state index is 0.334. The van der Waals surface area contributed by atoms with Crippen LogP contribution in [0, 0.1) is 6.92 Å². The molecule has 4 aromatic rings. The third kappa shape index (κ3) is 5.52. The van der Waals surface area contributed by atoms with Crippen LogP contribution in [0.1, 0.15) is 67.8 Å². The Bertz CT molecular complexity index is 1280. The van der Waals surface area contributed by atoms with Gasteiger partial charge in [-0.1, -0.05) is 87.1 Å². The lowest BCUT2D eigenvalue weighted by Gasteiger charge is -2.28. The summed E-state index contributed by atoms with van der Waals surface area (Å²) in [5.74, 6) is 0.334. The van der Waals surface area contributed by atoms with Gasteiger partial charge in [0.05, 0.1) is 0 Å². The van der Waals surface area contributed by atoms with E-state index in [1.807, 2.05) is 12.1 Å². The van der Waals surface area contributed by atoms with Crippen LogP contribution < -0.4 is 0 Å². The number of hydrogen-bond acceptors (Lipinski definition) is 2. The Morgan fingerprint density at radius 1 is 0.806 bits per heavy atom. The number of rotatable bonds is 10. The highest BCUT2D eigenvalue weighted by molar-refractivity contribution is 5.90. The first kappa shape index (κ1) is 24.6. The van der Waals surface area contributed by atoms with Crippen molar-refractivity contribution in [2.24, 2.45) is 0 Å². The molecule has 2 heterocycles. The van der Waals surface area contributed by atoms with Crippen molar-refractivity contribution in [3.63, 3.8) is 0 Å². The first-order valence-electron chi connectivity index (χ1n) is 13.8. The van der Waals surface area contributed by atoms with E-state index in [4.69, 9.17) is 0 Å². The molecule has 0 amide bonds. The van der Waals surface area contributed by atoms with Gasteiger partial charge in [-0.15, -0.1) is 0 Å². The van der Waals surface area contributed by atoms with Gasteiger partial charge in [-0.25, -0.2) is 0 Å². The van der Waals surface area contributed by atoms with Gasteiger partial charge in [0.15, 0.2) is 0 Å². The van der Waals surface area contributed by atoms with Gasteiger partial charge in [-0.2, -0.15) is 0 Å². The molecule has 0 bridgehead atoms. The molecule has 188 valence electrons. The summed E-state index contributed by atoms with van der Waals surface area (Å²) in [6.07, 6.45) is 9.07. The van der Waals surface area contributed by atoms with Crippen molar-refractivity contribution in [2.75, 3.05) is 6.54 Å². The van der Waals surface area contributed by atoms with E-state index in [9.17, 15) is 5.11 Å². The van der Waals surface area contributed by atoms with E-state index in [0.717, 1.165) is 32.6 Å². The zero-order valence-corrected chi connectivity index (χ0v) is 22.0. The molecular weight excluding hydrogens is 440 g/mol. The molecule has 0 unspecified atom stereocenters. The zero-order chi connectivity index (χ0) is 24.9. The second-order valence-corrected chi connectivity index (χ2v) is 10.6. The molecule has 0 aliphatic carbocycles. The highest BCUT2D eigenvalue weighted by atomic mass is 16.3. The first-order chi connectivity index (χ1) is 17.6. The molecule has 1 aromatic heterocycles. The fraction of sp³-hybridized carbons (Fsp3) is 0.394. The van der Waals surface area contributed by atoms with Crippen molar-refractivity contribution in [1.29, 1.82) is 0 Å². The van der Waals surface area contributed by atoms with Crippen molar-refractivity contribution in [2.45, 2.75) is 78.4 Å². The van der Waals surface area contributed by atoms with Crippen molar-refractivity contribution in [3.8, 4) is 16.9 Å².